The number of imide groups is 1. The largest absolute Gasteiger partial charge is 0.439 e. The van der Waals surface area contributed by atoms with Crippen molar-refractivity contribution in [2.75, 3.05) is 17.2 Å². The molecular formula is C36H37N7O9. The minimum atomic E-state index is -0.846. The Bertz CT molecular complexity index is 1860. The van der Waals surface area contributed by atoms with E-state index >= 15 is 0 Å². The van der Waals surface area contributed by atoms with Crippen LogP contribution in [0.15, 0.2) is 90.0 Å². The lowest BCUT2D eigenvalue weighted by Gasteiger charge is -2.24. The normalized spacial score (nSPS) is 13.6. The molecule has 2 unspecified atom stereocenters. The molecule has 0 fully saturated rings. The van der Waals surface area contributed by atoms with Crippen LogP contribution in [0.4, 0.5) is 21.9 Å². The van der Waals surface area contributed by atoms with Gasteiger partial charge in [0.25, 0.3) is 23.4 Å². The summed E-state index contributed by atoms with van der Waals surface area (Å²) in [7, 11) is 0. The van der Waals surface area contributed by atoms with E-state index in [1.807, 2.05) is 6.07 Å². The third-order valence-corrected chi connectivity index (χ3v) is 7.93. The molecule has 52 heavy (non-hydrogen) atoms. The predicted molar refractivity (Wildman–Crippen MR) is 190 cm³/mol. The Balaban J connectivity index is 1.28. The number of hydrogen-bond acceptors (Lipinski definition) is 10. The maximum absolute atomic E-state index is 12.9. The number of unbranched alkanes of at least 4 members (excludes halogenated alkanes) is 2. The van der Waals surface area contributed by atoms with Gasteiger partial charge in [0.05, 0.1) is 16.7 Å². The monoisotopic (exact) mass is 711 g/mol. The summed E-state index contributed by atoms with van der Waals surface area (Å²) in [6.07, 6.45) is 3.15. The second-order valence-corrected chi connectivity index (χ2v) is 11.7. The Hall–Kier alpha value is -6.71. The highest BCUT2D eigenvalue weighted by atomic mass is 16.6. The third kappa shape index (κ3) is 10.6. The van der Waals surface area contributed by atoms with Crippen LogP contribution in [0.3, 0.4) is 0 Å². The van der Waals surface area contributed by atoms with Crippen molar-refractivity contribution in [2.45, 2.75) is 51.7 Å². The van der Waals surface area contributed by atoms with E-state index in [2.05, 4.69) is 26.5 Å². The Labute approximate surface area is 298 Å². The lowest BCUT2D eigenvalue weighted by atomic mass is 10.0. The van der Waals surface area contributed by atoms with E-state index in [0.717, 1.165) is 11.0 Å². The number of hydrogen-bond donors (Lipinski definition) is 4. The van der Waals surface area contributed by atoms with Gasteiger partial charge in [-0.2, -0.15) is 5.10 Å². The zero-order valence-corrected chi connectivity index (χ0v) is 28.4. The first-order chi connectivity index (χ1) is 25.0. The number of amides is 6. The average Bonchev–Trinajstić information content (AvgIpc) is 3.45. The molecule has 1 aliphatic rings. The predicted octanol–water partition coefficient (Wildman–Crippen LogP) is 4.60. The Morgan fingerprint density at radius 3 is 2.25 bits per heavy atom. The van der Waals surface area contributed by atoms with Crippen molar-refractivity contribution in [3.8, 4) is 0 Å². The van der Waals surface area contributed by atoms with Gasteiger partial charge < -0.3 is 15.4 Å². The number of rotatable bonds is 17. The van der Waals surface area contributed by atoms with E-state index < -0.39 is 40.7 Å². The summed E-state index contributed by atoms with van der Waals surface area (Å²) in [5.41, 5.74) is 3.67. The molecule has 3 aromatic rings. The molecule has 0 radical (unpaired) electrons. The van der Waals surface area contributed by atoms with Crippen LogP contribution in [0.25, 0.3) is 0 Å². The number of benzene rings is 3. The quantitative estimate of drug-likeness (QED) is 0.0384. The lowest BCUT2D eigenvalue weighted by Crippen LogP contribution is -2.34. The molecule has 0 bridgehead atoms. The van der Waals surface area contributed by atoms with Gasteiger partial charge in [0.1, 0.15) is 11.7 Å². The number of nitrogens with zero attached hydrogens (tertiary/aromatic N) is 3. The van der Waals surface area contributed by atoms with Gasteiger partial charge in [-0.05, 0) is 62.1 Å². The highest BCUT2D eigenvalue weighted by molar-refractivity contribution is 6.12. The molecule has 4 N–H and O–H groups in total. The Morgan fingerprint density at radius 2 is 1.60 bits per heavy atom. The number of carbonyl (C=O) groups excluding carboxylic acids is 6. The molecule has 270 valence electrons. The summed E-state index contributed by atoms with van der Waals surface area (Å²) in [5, 5.41) is 23.7. The second kappa shape index (κ2) is 18.3. The van der Waals surface area contributed by atoms with Crippen LogP contribution < -0.4 is 21.4 Å². The molecule has 0 saturated heterocycles. The first-order valence-corrected chi connectivity index (χ1v) is 16.3. The number of nitrogens with one attached hydrogen (secondary N) is 4. The summed E-state index contributed by atoms with van der Waals surface area (Å²) in [6, 6.07) is 18.6. The van der Waals surface area contributed by atoms with Crippen molar-refractivity contribution in [1.82, 2.24) is 15.6 Å². The van der Waals surface area contributed by atoms with Crippen LogP contribution in [-0.2, 0) is 23.9 Å². The molecular weight excluding hydrogens is 674 g/mol. The van der Waals surface area contributed by atoms with Gasteiger partial charge in [0.15, 0.2) is 0 Å². The average molecular weight is 712 g/mol. The van der Waals surface area contributed by atoms with E-state index in [4.69, 9.17) is 4.74 Å². The number of hydrazone groups is 1. The topological polar surface area (TPSA) is 219 Å². The lowest BCUT2D eigenvalue weighted by molar-refractivity contribution is -0.385. The van der Waals surface area contributed by atoms with Gasteiger partial charge in [-0.15, -0.1) is 0 Å². The van der Waals surface area contributed by atoms with E-state index in [1.54, 1.807) is 62.4 Å². The van der Waals surface area contributed by atoms with Crippen LogP contribution in [-0.4, -0.2) is 64.3 Å². The van der Waals surface area contributed by atoms with Crippen LogP contribution in [0, 0.1) is 10.1 Å². The highest BCUT2D eigenvalue weighted by Gasteiger charge is 2.25. The van der Waals surface area contributed by atoms with Crippen molar-refractivity contribution in [3.63, 3.8) is 0 Å². The summed E-state index contributed by atoms with van der Waals surface area (Å²) in [4.78, 5) is 84.4. The molecule has 16 nitrogen and oxygen atoms in total. The van der Waals surface area contributed by atoms with Crippen LogP contribution in [0.5, 0.6) is 0 Å². The van der Waals surface area contributed by atoms with E-state index in [0.29, 0.717) is 48.2 Å². The molecule has 0 aliphatic carbocycles. The van der Waals surface area contributed by atoms with Gasteiger partial charge in [0, 0.05) is 42.6 Å². The third-order valence-electron chi connectivity index (χ3n) is 7.93. The molecule has 6 amide bonds. The maximum Gasteiger partial charge on any atom is 0.412 e. The molecule has 2 atom stereocenters. The molecule has 0 saturated carbocycles. The Morgan fingerprint density at radius 1 is 0.923 bits per heavy atom. The SMILES string of the molecule is C/C(=N\NC(=O)c1ccc(NC(=O)CCCCCN2C(=O)C=CC2=O)cc1[N+](=O)[O-])c1ccc(NC(=O)OC(c2ccccc2)C(C)NC=O)cc1. The molecule has 4 rings (SSSR count). The molecule has 1 aliphatic heterocycles. The summed E-state index contributed by atoms with van der Waals surface area (Å²) in [6.45, 7) is 3.58. The van der Waals surface area contributed by atoms with E-state index in [1.165, 1.54) is 24.3 Å². The molecule has 0 spiro atoms. The second-order valence-electron chi connectivity index (χ2n) is 11.7. The minimum absolute atomic E-state index is 0.111. The number of anilines is 2. The molecule has 16 heteroatoms. The van der Waals surface area contributed by atoms with Crippen LogP contribution in [0.1, 0.15) is 67.1 Å². The fourth-order valence-electron chi connectivity index (χ4n) is 5.17. The van der Waals surface area contributed by atoms with Gasteiger partial charge in [-0.25, -0.2) is 10.2 Å². The van der Waals surface area contributed by atoms with Crippen molar-refractivity contribution in [2.24, 2.45) is 5.10 Å². The van der Waals surface area contributed by atoms with Gasteiger partial charge in [-0.3, -0.25) is 44.3 Å². The smallest absolute Gasteiger partial charge is 0.412 e. The molecule has 3 aromatic carbocycles. The number of ether oxygens (including phenoxy) is 1. The van der Waals surface area contributed by atoms with Crippen molar-refractivity contribution in [1.29, 1.82) is 0 Å². The fourth-order valence-corrected chi connectivity index (χ4v) is 5.17. The van der Waals surface area contributed by atoms with Gasteiger partial charge >= 0.3 is 6.09 Å². The number of nitro benzene ring substituents is 1. The molecule has 1 heterocycles. The van der Waals surface area contributed by atoms with Crippen LogP contribution in [0.2, 0.25) is 0 Å². The van der Waals surface area contributed by atoms with E-state index in [-0.39, 0.29) is 36.0 Å². The maximum atomic E-state index is 12.9. The van der Waals surface area contributed by atoms with Gasteiger partial charge in [0.2, 0.25) is 12.3 Å². The highest BCUT2D eigenvalue weighted by Crippen LogP contribution is 2.25. The van der Waals surface area contributed by atoms with Crippen molar-refractivity contribution in [3.05, 3.63) is 112 Å². The zero-order valence-electron chi connectivity index (χ0n) is 28.4. The van der Waals surface area contributed by atoms with Crippen molar-refractivity contribution < 1.29 is 38.4 Å². The van der Waals surface area contributed by atoms with Crippen molar-refractivity contribution >= 4 is 58.9 Å². The zero-order chi connectivity index (χ0) is 37.6. The first-order valence-electron chi connectivity index (χ1n) is 16.3. The summed E-state index contributed by atoms with van der Waals surface area (Å²) in [5.74, 6) is -1.96. The number of nitro groups is 1. The fraction of sp³-hybridized carbons (Fsp3) is 0.250. The van der Waals surface area contributed by atoms with Crippen LogP contribution >= 0.6 is 0 Å². The Kier molecular flexibility index (Phi) is 13.4. The minimum Gasteiger partial charge on any atom is -0.439 e. The number of carbonyl (C=O) groups is 6. The summed E-state index contributed by atoms with van der Waals surface area (Å²) < 4.78 is 5.60. The van der Waals surface area contributed by atoms with Gasteiger partial charge in [-0.1, -0.05) is 48.9 Å². The molecule has 0 aromatic heterocycles. The van der Waals surface area contributed by atoms with E-state index in [9.17, 15) is 38.9 Å². The summed E-state index contributed by atoms with van der Waals surface area (Å²) >= 11 is 0. The standard InChI is InChI=1S/C36H37N7O9/c1-23(25-12-14-27(15-13-25)39-36(49)52-34(24(2)37-22-44)26-9-5-3-6-10-26)40-41-35(48)29-17-16-28(21-30(29)43(50)51)38-31(45)11-7-4-8-20-42-32(46)18-19-33(42)47/h3,5-6,9-10,12-19,21-22,24,34H,4,7-8,11,20H2,1-2H3,(H,37,44)(H,38,45)(H,39,49)(H,41,48)/b40-23+. The first kappa shape index (κ1) is 38.1.